The van der Waals surface area contributed by atoms with Gasteiger partial charge in [0, 0.05) is 17.9 Å². The van der Waals surface area contributed by atoms with Crippen LogP contribution in [0, 0.1) is 18.8 Å². The molecule has 3 atom stereocenters. The van der Waals surface area contributed by atoms with Crippen LogP contribution in [0.25, 0.3) is 0 Å². The fraction of sp³-hybridized carbons (Fsp3) is 0.367. The first-order valence-electron chi connectivity index (χ1n) is 13.3. The van der Waals surface area contributed by atoms with Gasteiger partial charge in [0.2, 0.25) is 11.8 Å². The second-order valence-corrected chi connectivity index (χ2v) is 10.4. The van der Waals surface area contributed by atoms with Crippen LogP contribution in [0.15, 0.2) is 59.1 Å². The van der Waals surface area contributed by atoms with Crippen molar-refractivity contribution >= 4 is 29.5 Å². The highest BCUT2D eigenvalue weighted by Crippen LogP contribution is 2.61. The highest BCUT2D eigenvalue weighted by atomic mass is 16.5. The van der Waals surface area contributed by atoms with Gasteiger partial charge in [-0.05, 0) is 35.6 Å². The Labute approximate surface area is 225 Å². The Hall–Kier alpha value is -4.27. The number of carbonyl (C=O) groups excluding carboxylic acids is 4. The Balaban J connectivity index is 1.28. The van der Waals surface area contributed by atoms with E-state index in [2.05, 4.69) is 10.5 Å². The number of ether oxygens (including phenoxy) is 1. The zero-order chi connectivity index (χ0) is 27.3. The van der Waals surface area contributed by atoms with Crippen molar-refractivity contribution in [2.24, 2.45) is 11.8 Å². The van der Waals surface area contributed by atoms with Crippen LogP contribution in [0.4, 0.5) is 5.82 Å². The SMILES string of the molecule is CCCC[C@@H](C(=O)OCC(=O)Nc1cc(C)on1)N1C(=O)[C@@H]2C3c4ccccc4C(c4ccccc43)[C@@H]2C1=O. The minimum Gasteiger partial charge on any atom is -0.454 e. The lowest BCUT2D eigenvalue weighted by molar-refractivity contribution is -0.160. The van der Waals surface area contributed by atoms with Gasteiger partial charge in [-0.3, -0.25) is 19.3 Å². The maximum Gasteiger partial charge on any atom is 0.329 e. The predicted octanol–water partition coefficient (Wildman–Crippen LogP) is 3.92. The normalized spacial score (nSPS) is 23.2. The van der Waals surface area contributed by atoms with E-state index in [1.165, 1.54) is 6.07 Å². The van der Waals surface area contributed by atoms with Gasteiger partial charge in [-0.15, -0.1) is 0 Å². The summed E-state index contributed by atoms with van der Waals surface area (Å²) in [5, 5.41) is 6.19. The van der Waals surface area contributed by atoms with Gasteiger partial charge in [0.1, 0.15) is 11.8 Å². The van der Waals surface area contributed by atoms with E-state index in [0.29, 0.717) is 12.2 Å². The molecule has 9 heteroatoms. The molecule has 1 N–H and O–H groups in total. The Morgan fingerprint density at radius 3 is 1.97 bits per heavy atom. The molecule has 2 bridgehead atoms. The minimum atomic E-state index is -1.09. The van der Waals surface area contributed by atoms with Gasteiger partial charge < -0.3 is 14.6 Å². The van der Waals surface area contributed by atoms with Crippen LogP contribution in [0.1, 0.15) is 66.0 Å². The monoisotopic (exact) mass is 527 g/mol. The minimum absolute atomic E-state index is 0.208. The lowest BCUT2D eigenvalue weighted by atomic mass is 9.55. The molecule has 0 radical (unpaired) electrons. The Kier molecular flexibility index (Phi) is 6.29. The first-order valence-corrected chi connectivity index (χ1v) is 13.3. The van der Waals surface area contributed by atoms with Crippen LogP contribution in [-0.4, -0.2) is 46.4 Å². The fourth-order valence-corrected chi connectivity index (χ4v) is 6.59. The quantitative estimate of drug-likeness (QED) is 0.348. The van der Waals surface area contributed by atoms with E-state index in [0.717, 1.165) is 33.6 Å². The number of likely N-dealkylation sites (tertiary alicyclic amines) is 1. The topological polar surface area (TPSA) is 119 Å². The van der Waals surface area contributed by atoms with E-state index in [1.807, 2.05) is 55.5 Å². The van der Waals surface area contributed by atoms with Crippen LogP contribution in [0.5, 0.6) is 0 Å². The maximum atomic E-state index is 14.0. The molecule has 39 heavy (non-hydrogen) atoms. The molecule has 3 aliphatic carbocycles. The molecule has 0 saturated carbocycles. The van der Waals surface area contributed by atoms with Gasteiger partial charge in [-0.1, -0.05) is 73.5 Å². The molecule has 4 aliphatic rings. The molecule has 1 aliphatic heterocycles. The number of rotatable bonds is 8. The molecular weight excluding hydrogens is 498 g/mol. The number of unbranched alkanes of at least 4 members (excludes halogenated alkanes) is 1. The maximum absolute atomic E-state index is 14.0. The van der Waals surface area contributed by atoms with Gasteiger partial charge in [-0.25, -0.2) is 4.79 Å². The summed E-state index contributed by atoms with van der Waals surface area (Å²) in [4.78, 5) is 54.9. The highest BCUT2D eigenvalue weighted by Gasteiger charge is 2.63. The van der Waals surface area contributed by atoms with E-state index in [9.17, 15) is 19.2 Å². The number of hydrogen-bond donors (Lipinski definition) is 1. The van der Waals surface area contributed by atoms with Crippen molar-refractivity contribution in [1.82, 2.24) is 10.1 Å². The summed E-state index contributed by atoms with van der Waals surface area (Å²) in [6.45, 7) is 3.08. The molecule has 2 heterocycles. The molecule has 1 aromatic heterocycles. The number of aryl methyl sites for hydroxylation is 1. The van der Waals surface area contributed by atoms with Crippen LogP contribution in [-0.2, 0) is 23.9 Å². The smallest absolute Gasteiger partial charge is 0.329 e. The van der Waals surface area contributed by atoms with Crippen molar-refractivity contribution in [3.8, 4) is 0 Å². The molecule has 200 valence electrons. The Morgan fingerprint density at radius 2 is 1.51 bits per heavy atom. The number of nitrogens with one attached hydrogen (secondary N) is 1. The van der Waals surface area contributed by atoms with Crippen molar-refractivity contribution < 1.29 is 28.4 Å². The third-order valence-corrected chi connectivity index (χ3v) is 8.14. The summed E-state index contributed by atoms with van der Waals surface area (Å²) in [5.74, 6) is -2.99. The number of nitrogens with zero attached hydrogens (tertiary/aromatic N) is 2. The van der Waals surface area contributed by atoms with Gasteiger partial charge in [0.05, 0.1) is 11.8 Å². The zero-order valence-corrected chi connectivity index (χ0v) is 21.8. The predicted molar refractivity (Wildman–Crippen MR) is 140 cm³/mol. The molecule has 3 amide bonds. The van der Waals surface area contributed by atoms with Crippen LogP contribution < -0.4 is 5.32 Å². The van der Waals surface area contributed by atoms with Crippen molar-refractivity contribution in [1.29, 1.82) is 0 Å². The molecule has 9 nitrogen and oxygen atoms in total. The molecule has 0 spiro atoms. The second kappa shape index (κ2) is 9.80. The van der Waals surface area contributed by atoms with Crippen LogP contribution >= 0.6 is 0 Å². The number of esters is 1. The third kappa shape index (κ3) is 4.04. The Morgan fingerprint density at radius 1 is 0.974 bits per heavy atom. The molecule has 1 fully saturated rings. The highest BCUT2D eigenvalue weighted by molar-refractivity contribution is 6.10. The zero-order valence-electron chi connectivity index (χ0n) is 21.8. The number of anilines is 1. The second-order valence-electron chi connectivity index (χ2n) is 10.4. The van der Waals surface area contributed by atoms with E-state index >= 15 is 0 Å². The summed E-state index contributed by atoms with van der Waals surface area (Å²) >= 11 is 0. The lowest BCUT2D eigenvalue weighted by Gasteiger charge is -2.45. The first kappa shape index (κ1) is 25.0. The van der Waals surface area contributed by atoms with Gasteiger partial charge in [0.15, 0.2) is 12.4 Å². The van der Waals surface area contributed by atoms with Crippen LogP contribution in [0.3, 0.4) is 0 Å². The Bertz CT molecular complexity index is 1360. The largest absolute Gasteiger partial charge is 0.454 e. The van der Waals surface area contributed by atoms with Gasteiger partial charge in [-0.2, -0.15) is 0 Å². The van der Waals surface area contributed by atoms with Gasteiger partial charge in [0.25, 0.3) is 5.91 Å². The summed E-state index contributed by atoms with van der Waals surface area (Å²) in [6, 6.07) is 16.4. The van der Waals surface area contributed by atoms with Crippen molar-refractivity contribution in [3.05, 3.63) is 82.6 Å². The number of hydrogen-bond acceptors (Lipinski definition) is 7. The summed E-state index contributed by atoms with van der Waals surface area (Å²) in [6.07, 6.45) is 1.65. The van der Waals surface area contributed by atoms with E-state index in [-0.39, 0.29) is 35.9 Å². The van der Waals surface area contributed by atoms with Crippen molar-refractivity contribution in [2.45, 2.75) is 51.0 Å². The molecule has 1 saturated heterocycles. The number of benzene rings is 2. The van der Waals surface area contributed by atoms with Gasteiger partial charge >= 0.3 is 5.97 Å². The first-order chi connectivity index (χ1) is 18.9. The lowest BCUT2D eigenvalue weighted by Crippen LogP contribution is -2.47. The van der Waals surface area contributed by atoms with E-state index < -0.39 is 36.4 Å². The molecule has 0 unspecified atom stereocenters. The standard InChI is InChI=1S/C30H29N3O6/c1-3-4-13-21(30(37)38-15-23(34)31-22-14-16(2)39-32-22)33-28(35)26-24-17-9-5-6-10-18(17)25(27(26)29(33)36)20-12-8-7-11-19(20)24/h5-12,14,21,24-27H,3-4,13,15H2,1-2H3,(H,31,32,34)/t21-,24?,25?,26-,27+/m0/s1. The third-order valence-electron chi connectivity index (χ3n) is 8.14. The van der Waals surface area contributed by atoms with Crippen molar-refractivity contribution in [2.75, 3.05) is 11.9 Å². The average Bonchev–Trinajstić information content (AvgIpc) is 3.47. The summed E-state index contributed by atoms with van der Waals surface area (Å²) in [7, 11) is 0. The van der Waals surface area contributed by atoms with Crippen molar-refractivity contribution in [3.63, 3.8) is 0 Å². The summed E-state index contributed by atoms with van der Waals surface area (Å²) < 4.78 is 10.3. The summed E-state index contributed by atoms with van der Waals surface area (Å²) in [5.41, 5.74) is 4.27. The fourth-order valence-electron chi connectivity index (χ4n) is 6.59. The number of aromatic nitrogens is 1. The van der Waals surface area contributed by atoms with Crippen LogP contribution in [0.2, 0.25) is 0 Å². The number of amides is 3. The molecule has 2 aromatic carbocycles. The molecule has 7 rings (SSSR count). The molecule has 3 aromatic rings. The average molecular weight is 528 g/mol. The molecular formula is C30H29N3O6. The van der Waals surface area contributed by atoms with E-state index in [4.69, 9.17) is 9.26 Å². The van der Waals surface area contributed by atoms with E-state index in [1.54, 1.807) is 6.92 Å². The number of carbonyl (C=O) groups is 4. The number of imide groups is 1.